The molecule has 0 saturated carbocycles. The molecule has 0 spiro atoms. The molecule has 0 radical (unpaired) electrons. The fraction of sp³-hybridized carbons (Fsp3) is 0.750. The van der Waals surface area contributed by atoms with Crippen LogP contribution in [-0.4, -0.2) is 40.9 Å². The number of likely N-dealkylation sites (tertiary alicyclic amines) is 1. The number of aryl methyl sites for hydroxylation is 1. The molecule has 1 saturated heterocycles. The van der Waals surface area contributed by atoms with Crippen LogP contribution in [-0.2, 0) is 13.6 Å². The quantitative estimate of drug-likeness (QED) is 0.828. The molecule has 1 aliphatic rings. The minimum Gasteiger partial charge on any atom is -0.308 e. The van der Waals surface area contributed by atoms with Crippen molar-refractivity contribution in [3.63, 3.8) is 0 Å². The Morgan fingerprint density at radius 3 is 3.00 bits per heavy atom. The predicted octanol–water partition coefficient (Wildman–Crippen LogP) is 0.994. The van der Waals surface area contributed by atoms with Crippen LogP contribution in [0, 0.1) is 0 Å². The van der Waals surface area contributed by atoms with Crippen LogP contribution in [0.1, 0.15) is 25.0 Å². The summed E-state index contributed by atoms with van der Waals surface area (Å²) in [7, 11) is 4.21. The predicted molar refractivity (Wildman–Crippen MR) is 65.2 cm³/mol. The molecule has 1 N–H and O–H groups in total. The lowest BCUT2D eigenvalue weighted by atomic mass is 10.1. The minimum atomic E-state index is 0.667. The third kappa shape index (κ3) is 3.06. The number of nitrogens with zero attached hydrogens (tertiary/aromatic N) is 3. The van der Waals surface area contributed by atoms with Gasteiger partial charge in [-0.05, 0) is 45.5 Å². The number of rotatable bonds is 3. The van der Waals surface area contributed by atoms with Gasteiger partial charge in [0.25, 0.3) is 0 Å². The Balaban J connectivity index is 1.79. The van der Waals surface area contributed by atoms with Crippen LogP contribution in [0.25, 0.3) is 0 Å². The van der Waals surface area contributed by atoms with Crippen LogP contribution < -0.4 is 5.32 Å². The SMILES string of the molecule is CN1CCCC(NCc2ccnn2C)CC1. The summed E-state index contributed by atoms with van der Waals surface area (Å²) in [6.07, 6.45) is 5.72. The molecule has 4 nitrogen and oxygen atoms in total. The summed E-state index contributed by atoms with van der Waals surface area (Å²) in [4.78, 5) is 2.42. The van der Waals surface area contributed by atoms with E-state index >= 15 is 0 Å². The van der Waals surface area contributed by atoms with E-state index in [1.165, 1.54) is 38.0 Å². The van der Waals surface area contributed by atoms with Crippen molar-refractivity contribution in [2.75, 3.05) is 20.1 Å². The Hall–Kier alpha value is -0.870. The first-order valence-corrected chi connectivity index (χ1v) is 6.14. The number of hydrogen-bond donors (Lipinski definition) is 1. The molecule has 90 valence electrons. The molecule has 16 heavy (non-hydrogen) atoms. The molecule has 2 rings (SSSR count). The first kappa shape index (κ1) is 11.6. The second-order valence-electron chi connectivity index (χ2n) is 4.76. The lowest BCUT2D eigenvalue weighted by molar-refractivity contribution is 0.343. The fourth-order valence-electron chi connectivity index (χ4n) is 2.27. The van der Waals surface area contributed by atoms with E-state index in [4.69, 9.17) is 0 Å². The van der Waals surface area contributed by atoms with Gasteiger partial charge in [0.15, 0.2) is 0 Å². The van der Waals surface area contributed by atoms with E-state index in [-0.39, 0.29) is 0 Å². The highest BCUT2D eigenvalue weighted by Gasteiger charge is 2.14. The van der Waals surface area contributed by atoms with E-state index in [0.29, 0.717) is 6.04 Å². The molecule has 0 aromatic carbocycles. The fourth-order valence-corrected chi connectivity index (χ4v) is 2.27. The van der Waals surface area contributed by atoms with Crippen molar-refractivity contribution in [3.8, 4) is 0 Å². The van der Waals surface area contributed by atoms with Gasteiger partial charge < -0.3 is 10.2 Å². The summed E-state index contributed by atoms with van der Waals surface area (Å²) >= 11 is 0. The summed E-state index contributed by atoms with van der Waals surface area (Å²) in [6, 6.07) is 2.75. The van der Waals surface area contributed by atoms with Crippen LogP contribution in [0.15, 0.2) is 12.3 Å². The van der Waals surface area contributed by atoms with Gasteiger partial charge in [-0.15, -0.1) is 0 Å². The van der Waals surface area contributed by atoms with Gasteiger partial charge in [-0.1, -0.05) is 0 Å². The molecule has 0 bridgehead atoms. The third-order valence-corrected chi connectivity index (χ3v) is 3.45. The van der Waals surface area contributed by atoms with Gasteiger partial charge in [0.1, 0.15) is 0 Å². The average Bonchev–Trinajstić information content (AvgIpc) is 2.55. The molecule has 4 heteroatoms. The van der Waals surface area contributed by atoms with Crippen molar-refractivity contribution in [2.24, 2.45) is 7.05 Å². The van der Waals surface area contributed by atoms with E-state index in [0.717, 1.165) is 6.54 Å². The van der Waals surface area contributed by atoms with Crippen molar-refractivity contribution >= 4 is 0 Å². The molecule has 0 amide bonds. The van der Waals surface area contributed by atoms with Crippen molar-refractivity contribution in [1.29, 1.82) is 0 Å². The largest absolute Gasteiger partial charge is 0.308 e. The standard InChI is InChI=1S/C12H22N4/c1-15-8-3-4-11(6-9-15)13-10-12-5-7-14-16(12)2/h5,7,11,13H,3-4,6,8-10H2,1-2H3. The van der Waals surface area contributed by atoms with Gasteiger partial charge in [0.05, 0.1) is 5.69 Å². The number of aromatic nitrogens is 2. The second-order valence-corrected chi connectivity index (χ2v) is 4.76. The Kier molecular flexibility index (Phi) is 3.96. The van der Waals surface area contributed by atoms with Gasteiger partial charge in [-0.25, -0.2) is 0 Å². The van der Waals surface area contributed by atoms with Gasteiger partial charge in [0.2, 0.25) is 0 Å². The maximum Gasteiger partial charge on any atom is 0.0518 e. The monoisotopic (exact) mass is 222 g/mol. The van der Waals surface area contributed by atoms with E-state index < -0.39 is 0 Å². The summed E-state index contributed by atoms with van der Waals surface area (Å²) in [6.45, 7) is 3.39. The van der Waals surface area contributed by atoms with E-state index in [9.17, 15) is 0 Å². The van der Waals surface area contributed by atoms with Crippen molar-refractivity contribution in [3.05, 3.63) is 18.0 Å². The Bertz CT molecular complexity index is 321. The number of nitrogens with one attached hydrogen (secondary N) is 1. The van der Waals surface area contributed by atoms with E-state index in [1.807, 2.05) is 17.9 Å². The topological polar surface area (TPSA) is 33.1 Å². The van der Waals surface area contributed by atoms with Crippen LogP contribution in [0.5, 0.6) is 0 Å². The zero-order valence-electron chi connectivity index (χ0n) is 10.3. The molecule has 1 aromatic heterocycles. The molecule has 1 atom stereocenters. The van der Waals surface area contributed by atoms with Gasteiger partial charge >= 0.3 is 0 Å². The molecule has 1 aliphatic heterocycles. The highest BCUT2D eigenvalue weighted by Crippen LogP contribution is 2.10. The maximum absolute atomic E-state index is 4.18. The summed E-state index contributed by atoms with van der Waals surface area (Å²) in [5, 5.41) is 7.82. The molecular formula is C12H22N4. The van der Waals surface area contributed by atoms with Crippen molar-refractivity contribution in [1.82, 2.24) is 20.0 Å². The zero-order valence-corrected chi connectivity index (χ0v) is 10.3. The number of hydrogen-bond acceptors (Lipinski definition) is 3. The van der Waals surface area contributed by atoms with Crippen LogP contribution in [0.3, 0.4) is 0 Å². The molecule has 0 aliphatic carbocycles. The van der Waals surface area contributed by atoms with Crippen LogP contribution in [0.2, 0.25) is 0 Å². The summed E-state index contributed by atoms with van der Waals surface area (Å²) < 4.78 is 1.94. The highest BCUT2D eigenvalue weighted by molar-refractivity contribution is 4.99. The minimum absolute atomic E-state index is 0.667. The normalized spacial score (nSPS) is 23.2. The van der Waals surface area contributed by atoms with Crippen LogP contribution in [0.4, 0.5) is 0 Å². The Morgan fingerprint density at radius 1 is 1.38 bits per heavy atom. The van der Waals surface area contributed by atoms with Gasteiger partial charge in [-0.3, -0.25) is 4.68 Å². The molecular weight excluding hydrogens is 200 g/mol. The first-order chi connectivity index (χ1) is 7.75. The van der Waals surface area contributed by atoms with Crippen molar-refractivity contribution < 1.29 is 0 Å². The second kappa shape index (κ2) is 5.46. The van der Waals surface area contributed by atoms with Gasteiger partial charge in [-0.2, -0.15) is 5.10 Å². The summed E-state index contributed by atoms with van der Waals surface area (Å²) in [5.41, 5.74) is 1.26. The molecule has 1 aromatic rings. The maximum atomic E-state index is 4.18. The Morgan fingerprint density at radius 2 is 2.25 bits per heavy atom. The molecule has 1 unspecified atom stereocenters. The first-order valence-electron chi connectivity index (χ1n) is 6.14. The smallest absolute Gasteiger partial charge is 0.0518 e. The van der Waals surface area contributed by atoms with E-state index in [1.54, 1.807) is 0 Å². The molecule has 2 heterocycles. The highest BCUT2D eigenvalue weighted by atomic mass is 15.3. The lowest BCUT2D eigenvalue weighted by Crippen LogP contribution is -2.30. The molecule has 1 fully saturated rings. The Labute approximate surface area is 97.6 Å². The summed E-state index contributed by atoms with van der Waals surface area (Å²) in [5.74, 6) is 0. The van der Waals surface area contributed by atoms with Crippen LogP contribution >= 0.6 is 0 Å². The lowest BCUT2D eigenvalue weighted by Gasteiger charge is -2.16. The van der Waals surface area contributed by atoms with Crippen molar-refractivity contribution in [2.45, 2.75) is 31.8 Å². The van der Waals surface area contributed by atoms with Gasteiger partial charge in [0, 0.05) is 25.8 Å². The zero-order chi connectivity index (χ0) is 11.4. The average molecular weight is 222 g/mol. The van der Waals surface area contributed by atoms with E-state index in [2.05, 4.69) is 28.4 Å². The third-order valence-electron chi connectivity index (χ3n) is 3.45.